The zero-order valence-corrected chi connectivity index (χ0v) is 11.3. The molecule has 0 aliphatic heterocycles. The molecule has 0 N–H and O–H groups in total. The maximum absolute atomic E-state index is 12.4. The van der Waals surface area contributed by atoms with Gasteiger partial charge in [-0.1, -0.05) is 6.07 Å². The second kappa shape index (κ2) is 6.48. The Morgan fingerprint density at radius 1 is 1.30 bits per heavy atom. The second-order valence-electron chi connectivity index (χ2n) is 4.37. The van der Waals surface area contributed by atoms with E-state index in [1.165, 1.54) is 0 Å². The molecule has 0 bridgehead atoms. The van der Waals surface area contributed by atoms with Crippen molar-refractivity contribution in [3.8, 4) is 6.07 Å². The molecule has 4 heteroatoms. The summed E-state index contributed by atoms with van der Waals surface area (Å²) in [5, 5.41) is 8.89. The summed E-state index contributed by atoms with van der Waals surface area (Å²) in [7, 11) is 0. The minimum absolute atomic E-state index is 0.0681. The molecule has 1 heterocycles. The Morgan fingerprint density at radius 2 is 2.05 bits per heavy atom. The maximum atomic E-state index is 12.4. The molecule has 100 valence electrons. The number of carbonyl (C=O) groups is 1. The van der Waals surface area contributed by atoms with Gasteiger partial charge in [0.05, 0.1) is 11.6 Å². The molecule has 2 aromatic rings. The van der Waals surface area contributed by atoms with E-state index in [1.54, 1.807) is 41.6 Å². The molecular formula is C16H15N3O. The van der Waals surface area contributed by atoms with Gasteiger partial charge in [0.2, 0.25) is 0 Å². The average molecular weight is 265 g/mol. The van der Waals surface area contributed by atoms with Gasteiger partial charge in [-0.05, 0) is 42.8 Å². The summed E-state index contributed by atoms with van der Waals surface area (Å²) in [5.41, 5.74) is 2.07. The first kappa shape index (κ1) is 13.8. The minimum atomic E-state index is -0.0681. The zero-order valence-electron chi connectivity index (χ0n) is 11.3. The molecule has 20 heavy (non-hydrogen) atoms. The SMILES string of the molecule is CCN(Cc1ccncc1)C(=O)c1cccc(C#N)c1. The van der Waals surface area contributed by atoms with E-state index in [9.17, 15) is 4.79 Å². The van der Waals surface area contributed by atoms with Crippen LogP contribution >= 0.6 is 0 Å². The zero-order chi connectivity index (χ0) is 14.4. The number of nitrogens with zero attached hydrogens (tertiary/aromatic N) is 3. The molecule has 0 unspecified atom stereocenters. The smallest absolute Gasteiger partial charge is 0.254 e. The van der Waals surface area contributed by atoms with Crippen LogP contribution < -0.4 is 0 Å². The van der Waals surface area contributed by atoms with Gasteiger partial charge in [-0.2, -0.15) is 5.26 Å². The van der Waals surface area contributed by atoms with E-state index in [0.717, 1.165) is 5.56 Å². The number of amides is 1. The number of hydrogen-bond donors (Lipinski definition) is 0. The average Bonchev–Trinajstić information content (AvgIpc) is 2.53. The van der Waals surface area contributed by atoms with Gasteiger partial charge in [0.1, 0.15) is 0 Å². The van der Waals surface area contributed by atoms with E-state index in [-0.39, 0.29) is 5.91 Å². The molecule has 1 aromatic carbocycles. The van der Waals surface area contributed by atoms with Crippen molar-refractivity contribution >= 4 is 5.91 Å². The number of hydrogen-bond acceptors (Lipinski definition) is 3. The summed E-state index contributed by atoms with van der Waals surface area (Å²) in [6.07, 6.45) is 3.42. The van der Waals surface area contributed by atoms with Crippen molar-refractivity contribution in [2.24, 2.45) is 0 Å². The molecule has 4 nitrogen and oxygen atoms in total. The van der Waals surface area contributed by atoms with Crippen LogP contribution in [0.5, 0.6) is 0 Å². The predicted octanol–water partition coefficient (Wildman–Crippen LogP) is 2.62. The fraction of sp³-hybridized carbons (Fsp3) is 0.188. The van der Waals surface area contributed by atoms with E-state index in [2.05, 4.69) is 4.98 Å². The van der Waals surface area contributed by atoms with E-state index in [4.69, 9.17) is 5.26 Å². The largest absolute Gasteiger partial charge is 0.335 e. The predicted molar refractivity (Wildman–Crippen MR) is 75.8 cm³/mol. The van der Waals surface area contributed by atoms with Gasteiger partial charge < -0.3 is 4.90 Å². The van der Waals surface area contributed by atoms with E-state index in [0.29, 0.717) is 24.2 Å². The Bertz CT molecular complexity index is 632. The van der Waals surface area contributed by atoms with Gasteiger partial charge in [0.15, 0.2) is 0 Å². The lowest BCUT2D eigenvalue weighted by atomic mass is 10.1. The van der Waals surface area contributed by atoms with Crippen LogP contribution in [0.15, 0.2) is 48.8 Å². The summed E-state index contributed by atoms with van der Waals surface area (Å²) in [5.74, 6) is -0.0681. The Morgan fingerprint density at radius 3 is 2.70 bits per heavy atom. The van der Waals surface area contributed by atoms with Crippen molar-refractivity contribution in [3.05, 3.63) is 65.5 Å². The van der Waals surface area contributed by atoms with Crippen LogP contribution in [0.3, 0.4) is 0 Å². The molecule has 0 saturated carbocycles. The highest BCUT2D eigenvalue weighted by atomic mass is 16.2. The number of carbonyl (C=O) groups excluding carboxylic acids is 1. The first-order valence-corrected chi connectivity index (χ1v) is 6.43. The number of rotatable bonds is 4. The molecule has 1 amide bonds. The highest BCUT2D eigenvalue weighted by Crippen LogP contribution is 2.11. The third-order valence-corrected chi connectivity index (χ3v) is 3.03. The van der Waals surface area contributed by atoms with Gasteiger partial charge in [0, 0.05) is 31.0 Å². The molecule has 0 fully saturated rings. The normalized spacial score (nSPS) is 9.80. The molecule has 0 aliphatic rings. The van der Waals surface area contributed by atoms with Crippen molar-refractivity contribution in [1.29, 1.82) is 5.26 Å². The Hall–Kier alpha value is -2.67. The Kier molecular flexibility index (Phi) is 4.46. The van der Waals surface area contributed by atoms with E-state index in [1.807, 2.05) is 25.1 Å². The van der Waals surface area contributed by atoms with Gasteiger partial charge in [-0.15, -0.1) is 0 Å². The number of nitriles is 1. The molecule has 0 aliphatic carbocycles. The van der Waals surface area contributed by atoms with Crippen LogP contribution in [-0.4, -0.2) is 22.3 Å². The first-order chi connectivity index (χ1) is 9.74. The third kappa shape index (κ3) is 3.21. The quantitative estimate of drug-likeness (QED) is 0.853. The highest BCUT2D eigenvalue weighted by molar-refractivity contribution is 5.94. The van der Waals surface area contributed by atoms with Gasteiger partial charge in [0.25, 0.3) is 5.91 Å². The molecular weight excluding hydrogens is 250 g/mol. The Labute approximate surface area is 118 Å². The molecule has 0 radical (unpaired) electrons. The fourth-order valence-electron chi connectivity index (χ4n) is 1.94. The summed E-state index contributed by atoms with van der Waals surface area (Å²) in [4.78, 5) is 18.2. The van der Waals surface area contributed by atoms with Gasteiger partial charge >= 0.3 is 0 Å². The third-order valence-electron chi connectivity index (χ3n) is 3.03. The lowest BCUT2D eigenvalue weighted by molar-refractivity contribution is 0.0752. The molecule has 0 saturated heterocycles. The maximum Gasteiger partial charge on any atom is 0.254 e. The molecule has 0 spiro atoms. The van der Waals surface area contributed by atoms with Crippen LogP contribution in [0, 0.1) is 11.3 Å². The van der Waals surface area contributed by atoms with Crippen LogP contribution in [0.1, 0.15) is 28.4 Å². The number of pyridine rings is 1. The van der Waals surface area contributed by atoms with Crippen LogP contribution in [0.25, 0.3) is 0 Å². The number of benzene rings is 1. The van der Waals surface area contributed by atoms with E-state index < -0.39 is 0 Å². The van der Waals surface area contributed by atoms with Crippen LogP contribution in [0.2, 0.25) is 0 Å². The van der Waals surface area contributed by atoms with Crippen molar-refractivity contribution < 1.29 is 4.79 Å². The topological polar surface area (TPSA) is 57.0 Å². The van der Waals surface area contributed by atoms with E-state index >= 15 is 0 Å². The monoisotopic (exact) mass is 265 g/mol. The standard InChI is InChI=1S/C16H15N3O/c1-2-19(12-13-6-8-18-9-7-13)16(20)15-5-3-4-14(10-15)11-17/h3-10H,2,12H2,1H3. The lowest BCUT2D eigenvalue weighted by Crippen LogP contribution is -2.30. The lowest BCUT2D eigenvalue weighted by Gasteiger charge is -2.21. The van der Waals surface area contributed by atoms with Crippen molar-refractivity contribution in [3.63, 3.8) is 0 Å². The van der Waals surface area contributed by atoms with Crippen molar-refractivity contribution in [2.45, 2.75) is 13.5 Å². The molecule has 0 atom stereocenters. The molecule has 2 rings (SSSR count). The highest BCUT2D eigenvalue weighted by Gasteiger charge is 2.14. The minimum Gasteiger partial charge on any atom is -0.335 e. The van der Waals surface area contributed by atoms with Crippen LogP contribution in [-0.2, 0) is 6.54 Å². The summed E-state index contributed by atoms with van der Waals surface area (Å²) in [6, 6.07) is 12.6. The van der Waals surface area contributed by atoms with Crippen LogP contribution in [0.4, 0.5) is 0 Å². The Balaban J connectivity index is 2.19. The van der Waals surface area contributed by atoms with Crippen molar-refractivity contribution in [1.82, 2.24) is 9.88 Å². The number of aromatic nitrogens is 1. The fourth-order valence-corrected chi connectivity index (χ4v) is 1.94. The van der Waals surface area contributed by atoms with Gasteiger partial charge in [-0.3, -0.25) is 9.78 Å². The summed E-state index contributed by atoms with van der Waals surface area (Å²) >= 11 is 0. The second-order valence-corrected chi connectivity index (χ2v) is 4.37. The summed E-state index contributed by atoms with van der Waals surface area (Å²) < 4.78 is 0. The first-order valence-electron chi connectivity index (χ1n) is 6.43. The van der Waals surface area contributed by atoms with Gasteiger partial charge in [-0.25, -0.2) is 0 Å². The van der Waals surface area contributed by atoms with Crippen molar-refractivity contribution in [2.75, 3.05) is 6.54 Å². The summed E-state index contributed by atoms with van der Waals surface area (Å²) in [6.45, 7) is 3.08. The molecule has 1 aromatic heterocycles.